The Labute approximate surface area is 102 Å². The van der Waals surface area contributed by atoms with E-state index in [0.717, 1.165) is 0 Å². The number of hydrogen-bond donors (Lipinski definition) is 0. The molecule has 0 unspecified atom stereocenters. The molecule has 0 spiro atoms. The van der Waals surface area contributed by atoms with Gasteiger partial charge in [0, 0.05) is 4.79 Å². The van der Waals surface area contributed by atoms with Crippen molar-refractivity contribution in [1.29, 1.82) is 0 Å². The van der Waals surface area contributed by atoms with E-state index in [1.54, 1.807) is 0 Å². The van der Waals surface area contributed by atoms with Crippen molar-refractivity contribution in [1.82, 2.24) is 0 Å². The molecule has 0 amide bonds. The standard InChI is InChI=1S/CHCl7Si3/c2-9(3)1(10(4)5)11(6,7)8/h1H. The molecule has 10 heteroatoms. The SMILES string of the molecule is Cl[Si](Cl)C([Si](Cl)Cl)[Si](Cl)(Cl)Cl. The van der Waals surface area contributed by atoms with Gasteiger partial charge < -0.3 is 0 Å². The largest absolute Gasteiger partial charge is 0.343 e. The van der Waals surface area contributed by atoms with Crippen LogP contribution in [-0.2, 0) is 0 Å². The van der Waals surface area contributed by atoms with Gasteiger partial charge in [0.25, 0.3) is 14.8 Å². The van der Waals surface area contributed by atoms with Crippen molar-refractivity contribution in [3.05, 3.63) is 0 Å². The van der Waals surface area contributed by atoms with Crippen LogP contribution in [0.3, 0.4) is 0 Å². The van der Waals surface area contributed by atoms with Crippen LogP contribution in [-0.4, -0.2) is 20.8 Å². The summed E-state index contributed by atoms with van der Waals surface area (Å²) in [7, 11) is -3.48. The number of hydrogen-bond acceptors (Lipinski definition) is 0. The molecule has 11 heavy (non-hydrogen) atoms. The van der Waals surface area contributed by atoms with Crippen molar-refractivity contribution in [2.45, 2.75) is 4.79 Å². The van der Waals surface area contributed by atoms with Crippen LogP contribution in [0.25, 0.3) is 0 Å². The fourth-order valence-corrected chi connectivity index (χ4v) is 26.7. The Hall–Kier alpha value is 2.68. The topological polar surface area (TPSA) is 0 Å². The van der Waals surface area contributed by atoms with Crippen LogP contribution in [0.1, 0.15) is 0 Å². The molecule has 66 valence electrons. The van der Waals surface area contributed by atoms with E-state index in [-0.39, 0.29) is 0 Å². The quantitative estimate of drug-likeness (QED) is 0.535. The predicted molar refractivity (Wildman–Crippen MR) is 62.0 cm³/mol. The van der Waals surface area contributed by atoms with Crippen LogP contribution in [0.5, 0.6) is 0 Å². The molecule has 2 radical (unpaired) electrons. The summed E-state index contributed by atoms with van der Waals surface area (Å²) in [5.74, 6) is 0. The molecule has 0 aliphatic rings. The zero-order chi connectivity index (χ0) is 9.23. The Morgan fingerprint density at radius 3 is 1.09 bits per heavy atom. The maximum Gasteiger partial charge on any atom is 0.343 e. The first kappa shape index (κ1) is 13.7. The summed E-state index contributed by atoms with van der Waals surface area (Å²) < 4.78 is 0. The molecule has 0 aromatic carbocycles. The monoisotopic (exact) mass is 342 g/mol. The fraction of sp³-hybridized carbons (Fsp3) is 1.00. The summed E-state index contributed by atoms with van der Waals surface area (Å²) in [5, 5.41) is 0. The van der Waals surface area contributed by atoms with E-state index in [0.29, 0.717) is 0 Å². The van der Waals surface area contributed by atoms with Gasteiger partial charge in [-0.25, -0.2) is 0 Å². The van der Waals surface area contributed by atoms with Gasteiger partial charge >= 0.3 is 6.00 Å². The summed E-state index contributed by atoms with van der Waals surface area (Å²) in [6.07, 6.45) is 0. The van der Waals surface area contributed by atoms with Crippen molar-refractivity contribution >= 4 is 98.4 Å². The van der Waals surface area contributed by atoms with Gasteiger partial charge in [0.2, 0.25) is 0 Å². The van der Waals surface area contributed by atoms with E-state index in [2.05, 4.69) is 0 Å². The molecule has 0 saturated heterocycles. The van der Waals surface area contributed by atoms with E-state index in [1.807, 2.05) is 0 Å². The minimum Gasteiger partial charge on any atom is -0.147 e. The number of halogens is 7. The van der Waals surface area contributed by atoms with Gasteiger partial charge in [0.15, 0.2) is 0 Å². The van der Waals surface area contributed by atoms with E-state index in [4.69, 9.17) is 77.6 Å². The van der Waals surface area contributed by atoms with E-state index in [9.17, 15) is 0 Å². The predicted octanol–water partition coefficient (Wildman–Crippen LogP) is 4.02. The van der Waals surface area contributed by atoms with Gasteiger partial charge in [-0.3, -0.25) is 0 Å². The highest BCUT2D eigenvalue weighted by Crippen LogP contribution is 2.41. The Bertz CT molecular complexity index is 109. The van der Waals surface area contributed by atoms with Gasteiger partial charge in [-0.15, -0.1) is 77.6 Å². The van der Waals surface area contributed by atoms with E-state index in [1.165, 1.54) is 0 Å². The zero-order valence-electron chi connectivity index (χ0n) is 4.72. The van der Waals surface area contributed by atoms with Crippen molar-refractivity contribution in [2.24, 2.45) is 0 Å². The molecule has 0 bridgehead atoms. The van der Waals surface area contributed by atoms with Crippen LogP contribution in [0.4, 0.5) is 0 Å². The molecular formula is CHCl7Si3. The molecular weight excluding hydrogens is 344 g/mol. The third kappa shape index (κ3) is 5.20. The van der Waals surface area contributed by atoms with E-state index < -0.39 is 25.6 Å². The molecule has 0 atom stereocenters. The molecule has 0 aromatic rings. The van der Waals surface area contributed by atoms with Crippen LogP contribution >= 0.6 is 77.6 Å². The highest BCUT2D eigenvalue weighted by Gasteiger charge is 2.47. The minimum absolute atomic E-state index is 0.464. The Balaban J connectivity index is 4.35. The summed E-state index contributed by atoms with van der Waals surface area (Å²) in [5.41, 5.74) is 0. The third-order valence-electron chi connectivity index (χ3n) is 0.764. The Kier molecular flexibility index (Phi) is 6.88. The smallest absolute Gasteiger partial charge is 0.147 e. The maximum absolute atomic E-state index is 5.67. The van der Waals surface area contributed by atoms with Crippen LogP contribution in [0.15, 0.2) is 0 Å². The second-order valence-corrected chi connectivity index (χ2v) is 20.4. The Morgan fingerprint density at radius 2 is 1.09 bits per heavy atom. The maximum atomic E-state index is 5.67. The molecule has 0 aromatic heterocycles. The first-order valence-corrected chi connectivity index (χ1v) is 14.5. The molecule has 0 aliphatic heterocycles. The van der Waals surface area contributed by atoms with Gasteiger partial charge in [-0.1, -0.05) is 0 Å². The first-order valence-electron chi connectivity index (χ1n) is 2.19. The lowest BCUT2D eigenvalue weighted by molar-refractivity contribution is 1.80. The Morgan fingerprint density at radius 1 is 0.818 bits per heavy atom. The zero-order valence-corrected chi connectivity index (χ0v) is 13.0. The summed E-state index contributed by atoms with van der Waals surface area (Å²) >= 11 is 39.5. The highest BCUT2D eigenvalue weighted by molar-refractivity contribution is 7.73. The molecule has 0 N–H and O–H groups in total. The van der Waals surface area contributed by atoms with E-state index >= 15 is 0 Å². The van der Waals surface area contributed by atoms with Gasteiger partial charge in [-0.05, 0) is 0 Å². The lowest BCUT2D eigenvalue weighted by atomic mass is 11.8. The average molecular weight is 345 g/mol. The van der Waals surface area contributed by atoms with Crippen LogP contribution in [0, 0.1) is 0 Å². The van der Waals surface area contributed by atoms with Crippen molar-refractivity contribution in [3.63, 3.8) is 0 Å². The van der Waals surface area contributed by atoms with Crippen molar-refractivity contribution in [3.8, 4) is 0 Å². The number of rotatable bonds is 3. The summed E-state index contributed by atoms with van der Waals surface area (Å²) in [6, 6.07) is -2.93. The molecule has 0 saturated carbocycles. The third-order valence-corrected chi connectivity index (χ3v) is 20.6. The van der Waals surface area contributed by atoms with Gasteiger partial charge in [0.05, 0.1) is 0 Å². The second kappa shape index (κ2) is 5.53. The summed E-state index contributed by atoms with van der Waals surface area (Å²) in [6.45, 7) is 0. The minimum atomic E-state index is -2.93. The average Bonchev–Trinajstić information content (AvgIpc) is 1.54. The first-order chi connectivity index (χ1) is 4.76. The van der Waals surface area contributed by atoms with Crippen molar-refractivity contribution < 1.29 is 0 Å². The molecule has 0 fully saturated rings. The second-order valence-electron chi connectivity index (χ2n) is 1.55. The molecule has 0 rings (SSSR count). The summed E-state index contributed by atoms with van der Waals surface area (Å²) in [4.78, 5) is -0.464. The highest BCUT2D eigenvalue weighted by atomic mass is 35.8. The van der Waals surface area contributed by atoms with Gasteiger partial charge in [-0.2, -0.15) is 0 Å². The van der Waals surface area contributed by atoms with Crippen LogP contribution in [0.2, 0.25) is 4.79 Å². The fourth-order valence-electron chi connectivity index (χ4n) is 0.330. The van der Waals surface area contributed by atoms with Crippen LogP contribution < -0.4 is 0 Å². The normalized spacial score (nSPS) is 13.6. The van der Waals surface area contributed by atoms with Crippen molar-refractivity contribution in [2.75, 3.05) is 0 Å². The molecule has 0 heterocycles. The lowest BCUT2D eigenvalue weighted by Gasteiger charge is -2.20. The molecule has 0 nitrogen and oxygen atoms in total. The lowest BCUT2D eigenvalue weighted by Crippen LogP contribution is -2.34. The molecule has 0 aliphatic carbocycles. The van der Waals surface area contributed by atoms with Gasteiger partial charge in [0.1, 0.15) is 0 Å².